The summed E-state index contributed by atoms with van der Waals surface area (Å²) in [6.45, 7) is 0.737. The zero-order chi connectivity index (χ0) is 18.2. The molecular weight excluding hydrogens is 338 g/mol. The van der Waals surface area contributed by atoms with E-state index >= 15 is 0 Å². The zero-order valence-electron chi connectivity index (χ0n) is 14.7. The SMILES string of the molecule is CN(Cc1ccccc1)c1ncc2ncn(-c3ccc4cn[nH]c4c3)c2n1. The number of aromatic nitrogens is 6. The number of anilines is 1. The lowest BCUT2D eigenvalue weighted by Crippen LogP contribution is -2.19. The van der Waals surface area contributed by atoms with Crippen LogP contribution in [-0.4, -0.2) is 36.8 Å². The van der Waals surface area contributed by atoms with Crippen LogP contribution in [0.25, 0.3) is 27.8 Å². The van der Waals surface area contributed by atoms with Crippen LogP contribution in [0.5, 0.6) is 0 Å². The Bertz CT molecular complexity index is 1220. The molecule has 0 fully saturated rings. The molecule has 1 N–H and O–H groups in total. The Morgan fingerprint density at radius 3 is 2.81 bits per heavy atom. The van der Waals surface area contributed by atoms with E-state index in [9.17, 15) is 0 Å². The van der Waals surface area contributed by atoms with Crippen LogP contribution in [0.4, 0.5) is 5.95 Å². The summed E-state index contributed by atoms with van der Waals surface area (Å²) in [6, 6.07) is 16.4. The van der Waals surface area contributed by atoms with E-state index < -0.39 is 0 Å². The summed E-state index contributed by atoms with van der Waals surface area (Å²) in [5, 5.41) is 8.15. The predicted octanol–water partition coefficient (Wildman–Crippen LogP) is 3.33. The first-order valence-electron chi connectivity index (χ1n) is 8.66. The molecule has 3 aromatic heterocycles. The molecule has 3 heterocycles. The smallest absolute Gasteiger partial charge is 0.227 e. The van der Waals surface area contributed by atoms with Crippen molar-refractivity contribution in [2.75, 3.05) is 11.9 Å². The number of nitrogens with one attached hydrogen (secondary N) is 1. The van der Waals surface area contributed by atoms with Crippen molar-refractivity contribution in [1.29, 1.82) is 0 Å². The van der Waals surface area contributed by atoms with Gasteiger partial charge in [0.2, 0.25) is 5.95 Å². The Balaban J connectivity index is 1.54. The van der Waals surface area contributed by atoms with Crippen LogP contribution in [0.15, 0.2) is 67.3 Å². The van der Waals surface area contributed by atoms with Gasteiger partial charge in [-0.15, -0.1) is 0 Å². The van der Waals surface area contributed by atoms with Crippen molar-refractivity contribution in [2.45, 2.75) is 6.54 Å². The van der Waals surface area contributed by atoms with E-state index in [0.717, 1.165) is 34.3 Å². The fourth-order valence-corrected chi connectivity index (χ4v) is 3.18. The molecule has 0 radical (unpaired) electrons. The lowest BCUT2D eigenvalue weighted by molar-refractivity contribution is 0.869. The van der Waals surface area contributed by atoms with Gasteiger partial charge in [-0.2, -0.15) is 10.1 Å². The van der Waals surface area contributed by atoms with Gasteiger partial charge in [0, 0.05) is 19.0 Å². The van der Waals surface area contributed by atoms with Crippen LogP contribution in [0.1, 0.15) is 5.56 Å². The number of imidazole rings is 1. The maximum absolute atomic E-state index is 4.76. The van der Waals surface area contributed by atoms with Crippen molar-refractivity contribution < 1.29 is 0 Å². The summed E-state index contributed by atoms with van der Waals surface area (Å²) < 4.78 is 1.97. The van der Waals surface area contributed by atoms with Crippen molar-refractivity contribution in [1.82, 2.24) is 29.7 Å². The number of H-pyrrole nitrogens is 1. The Kier molecular flexibility index (Phi) is 3.57. The van der Waals surface area contributed by atoms with Crippen molar-refractivity contribution in [3.63, 3.8) is 0 Å². The van der Waals surface area contributed by atoms with Gasteiger partial charge in [0.15, 0.2) is 5.65 Å². The molecule has 0 aliphatic rings. The lowest BCUT2D eigenvalue weighted by Gasteiger charge is -2.17. The van der Waals surface area contributed by atoms with Gasteiger partial charge in [0.1, 0.15) is 11.8 Å². The highest BCUT2D eigenvalue weighted by Gasteiger charge is 2.12. The number of benzene rings is 2. The van der Waals surface area contributed by atoms with Crippen LogP contribution in [0.2, 0.25) is 0 Å². The third-order valence-corrected chi connectivity index (χ3v) is 4.59. The number of aromatic amines is 1. The second-order valence-corrected chi connectivity index (χ2v) is 6.48. The van der Waals surface area contributed by atoms with Crippen LogP contribution in [-0.2, 0) is 6.54 Å². The van der Waals surface area contributed by atoms with Gasteiger partial charge in [-0.3, -0.25) is 9.67 Å². The van der Waals surface area contributed by atoms with Gasteiger partial charge in [-0.1, -0.05) is 30.3 Å². The summed E-state index contributed by atoms with van der Waals surface area (Å²) in [4.78, 5) is 15.7. The largest absolute Gasteiger partial charge is 0.339 e. The summed E-state index contributed by atoms with van der Waals surface area (Å²) in [5.74, 6) is 0.663. The molecule has 0 bridgehead atoms. The fourth-order valence-electron chi connectivity index (χ4n) is 3.18. The number of hydrogen-bond donors (Lipinski definition) is 1. The monoisotopic (exact) mass is 355 g/mol. The van der Waals surface area contributed by atoms with Crippen molar-refractivity contribution in [3.8, 4) is 5.69 Å². The maximum Gasteiger partial charge on any atom is 0.227 e. The fraction of sp³-hybridized carbons (Fsp3) is 0.100. The van der Waals surface area contributed by atoms with E-state index in [1.807, 2.05) is 59.1 Å². The summed E-state index contributed by atoms with van der Waals surface area (Å²) in [5.41, 5.74) is 4.70. The van der Waals surface area contributed by atoms with Gasteiger partial charge < -0.3 is 4.90 Å². The molecule has 0 spiro atoms. The highest BCUT2D eigenvalue weighted by atomic mass is 15.3. The van der Waals surface area contributed by atoms with Crippen LogP contribution < -0.4 is 4.90 Å². The molecule has 5 rings (SSSR count). The Morgan fingerprint density at radius 1 is 1.04 bits per heavy atom. The van der Waals surface area contributed by atoms with Crippen molar-refractivity contribution >= 4 is 28.0 Å². The van der Waals surface area contributed by atoms with Crippen molar-refractivity contribution in [2.24, 2.45) is 0 Å². The van der Waals surface area contributed by atoms with E-state index in [0.29, 0.717) is 5.95 Å². The third-order valence-electron chi connectivity index (χ3n) is 4.59. The second kappa shape index (κ2) is 6.21. The van der Waals surface area contributed by atoms with E-state index in [1.54, 1.807) is 12.5 Å². The summed E-state index contributed by atoms with van der Waals surface area (Å²) in [6.07, 6.45) is 5.35. The quantitative estimate of drug-likeness (QED) is 0.535. The van der Waals surface area contributed by atoms with E-state index in [2.05, 4.69) is 32.3 Å². The molecule has 5 aromatic rings. The second-order valence-electron chi connectivity index (χ2n) is 6.48. The minimum Gasteiger partial charge on any atom is -0.339 e. The average molecular weight is 355 g/mol. The molecule has 0 saturated heterocycles. The number of rotatable bonds is 4. The highest BCUT2D eigenvalue weighted by molar-refractivity contribution is 5.81. The Morgan fingerprint density at radius 2 is 1.93 bits per heavy atom. The van der Waals surface area contributed by atoms with E-state index in [-0.39, 0.29) is 0 Å². The topological polar surface area (TPSA) is 75.5 Å². The van der Waals surface area contributed by atoms with Gasteiger partial charge in [0.05, 0.1) is 23.6 Å². The molecule has 0 aliphatic heterocycles. The van der Waals surface area contributed by atoms with Gasteiger partial charge >= 0.3 is 0 Å². The predicted molar refractivity (Wildman–Crippen MR) is 105 cm³/mol. The van der Waals surface area contributed by atoms with Crippen LogP contribution >= 0.6 is 0 Å². The molecule has 0 atom stereocenters. The molecule has 0 amide bonds. The third kappa shape index (κ3) is 2.79. The molecule has 7 heteroatoms. The summed E-state index contributed by atoms with van der Waals surface area (Å²) in [7, 11) is 1.99. The first-order valence-corrected chi connectivity index (χ1v) is 8.66. The lowest BCUT2D eigenvalue weighted by atomic mass is 10.2. The highest BCUT2D eigenvalue weighted by Crippen LogP contribution is 2.21. The normalized spacial score (nSPS) is 11.3. The van der Waals surface area contributed by atoms with Crippen LogP contribution in [0.3, 0.4) is 0 Å². The van der Waals surface area contributed by atoms with Crippen LogP contribution in [0, 0.1) is 0 Å². The minimum atomic E-state index is 0.663. The number of fused-ring (bicyclic) bond motifs is 2. The first kappa shape index (κ1) is 15.5. The Hall–Kier alpha value is -3.74. The van der Waals surface area contributed by atoms with Crippen molar-refractivity contribution in [3.05, 3.63) is 72.8 Å². The molecule has 0 saturated carbocycles. The standard InChI is InChI=1S/C20H17N7/c1-26(12-14-5-3-2-4-6-14)20-21-11-18-19(24-20)27(13-22-18)16-8-7-15-10-23-25-17(15)9-16/h2-11,13H,12H2,1H3,(H,23,25). The molecule has 0 unspecified atom stereocenters. The maximum atomic E-state index is 4.76. The van der Waals surface area contributed by atoms with Gasteiger partial charge in [-0.05, 0) is 23.8 Å². The number of hydrogen-bond acceptors (Lipinski definition) is 5. The van der Waals surface area contributed by atoms with E-state index in [1.165, 1.54) is 5.56 Å². The molecular formula is C20H17N7. The summed E-state index contributed by atoms with van der Waals surface area (Å²) >= 11 is 0. The zero-order valence-corrected chi connectivity index (χ0v) is 14.7. The Labute approximate surface area is 155 Å². The van der Waals surface area contributed by atoms with Gasteiger partial charge in [-0.25, -0.2) is 9.97 Å². The van der Waals surface area contributed by atoms with Gasteiger partial charge in [0.25, 0.3) is 0 Å². The molecule has 7 nitrogen and oxygen atoms in total. The van der Waals surface area contributed by atoms with E-state index in [4.69, 9.17) is 4.98 Å². The minimum absolute atomic E-state index is 0.663. The molecule has 2 aromatic carbocycles. The number of nitrogens with zero attached hydrogens (tertiary/aromatic N) is 6. The molecule has 0 aliphatic carbocycles. The molecule has 27 heavy (non-hydrogen) atoms. The first-order chi connectivity index (χ1) is 13.3. The average Bonchev–Trinajstić information content (AvgIpc) is 3.34. The molecule has 132 valence electrons.